The average Bonchev–Trinajstić information content (AvgIpc) is 1.33. The Hall–Kier alpha value is 0.196. The summed E-state index contributed by atoms with van der Waals surface area (Å²) >= 11 is 0. The molecule has 8 heavy (non-hydrogen) atoms. The molecule has 3 nitrogen and oxygen atoms in total. The van der Waals surface area contributed by atoms with Gasteiger partial charge in [-0.25, -0.2) is 0 Å². The number of hydrogen-bond donors (Lipinski definition) is 2. The van der Waals surface area contributed by atoms with Crippen LogP contribution in [0.4, 0.5) is 0 Å². The Morgan fingerprint density at radius 1 is 1.62 bits per heavy atom. The van der Waals surface area contributed by atoms with Gasteiger partial charge >= 0.3 is 23.1 Å². The van der Waals surface area contributed by atoms with Crippen molar-refractivity contribution in [3.8, 4) is 0 Å². The Balaban J connectivity index is -0.0000000575. The van der Waals surface area contributed by atoms with Crippen LogP contribution in [0, 0.1) is 0 Å². The standard InChI is InChI=1S/C2H4O2.C2H6O.Mg.2H/c1-2(3)4;1-2-3;;;/h1H3,(H,3,4);3H,2H2,1H3;;;. The fraction of sp³-hybridized carbons (Fsp3) is 0.750. The largest absolute Gasteiger partial charge is 0.481 e. The Morgan fingerprint density at radius 2 is 1.62 bits per heavy atom. The lowest BCUT2D eigenvalue weighted by Gasteiger charge is -1.59. The molecule has 0 saturated carbocycles. The molecule has 0 bridgehead atoms. The number of carbonyl (C=O) groups is 1. The second-order valence-corrected chi connectivity index (χ2v) is 0.835. The first-order valence-corrected chi connectivity index (χ1v) is 1.95. The SMILES string of the molecule is CC(=O)O.CCO.[MgH2]. The molecule has 4 heteroatoms. The van der Waals surface area contributed by atoms with Crippen molar-refractivity contribution in [2.45, 2.75) is 13.8 Å². The van der Waals surface area contributed by atoms with Gasteiger partial charge in [0.25, 0.3) is 5.97 Å². The molecular formula is C4H12MgO3. The summed E-state index contributed by atoms with van der Waals surface area (Å²) in [6.07, 6.45) is 0. The van der Waals surface area contributed by atoms with Crippen molar-refractivity contribution < 1.29 is 15.0 Å². The molecule has 0 aromatic heterocycles. The molecule has 0 spiro atoms. The maximum atomic E-state index is 9.00. The number of rotatable bonds is 0. The third-order valence-corrected chi connectivity index (χ3v) is 0. The highest BCUT2D eigenvalue weighted by atomic mass is 24.3. The summed E-state index contributed by atoms with van der Waals surface area (Å²) < 4.78 is 0. The molecule has 2 N–H and O–H groups in total. The molecule has 0 heterocycles. The topological polar surface area (TPSA) is 57.5 Å². The van der Waals surface area contributed by atoms with E-state index in [1.165, 1.54) is 0 Å². The second kappa shape index (κ2) is 15.7. The van der Waals surface area contributed by atoms with Gasteiger partial charge < -0.3 is 10.2 Å². The van der Waals surface area contributed by atoms with Crippen molar-refractivity contribution in [1.82, 2.24) is 0 Å². The molecule has 0 amide bonds. The van der Waals surface area contributed by atoms with E-state index in [9.17, 15) is 0 Å². The fourth-order valence-electron chi connectivity index (χ4n) is 0. The van der Waals surface area contributed by atoms with Crippen LogP contribution in [0.25, 0.3) is 0 Å². The van der Waals surface area contributed by atoms with E-state index in [4.69, 9.17) is 15.0 Å². The van der Waals surface area contributed by atoms with Crippen molar-refractivity contribution in [1.29, 1.82) is 0 Å². The number of hydrogen-bond acceptors (Lipinski definition) is 2. The van der Waals surface area contributed by atoms with E-state index in [-0.39, 0.29) is 29.7 Å². The summed E-state index contributed by atoms with van der Waals surface area (Å²) in [5.41, 5.74) is 0. The Kier molecular flexibility index (Phi) is 30.8. The van der Waals surface area contributed by atoms with E-state index in [1.807, 2.05) is 0 Å². The lowest BCUT2D eigenvalue weighted by molar-refractivity contribution is -0.134. The Labute approximate surface area is 64.9 Å². The Morgan fingerprint density at radius 3 is 1.62 bits per heavy atom. The zero-order valence-corrected chi connectivity index (χ0v) is 4.51. The quantitative estimate of drug-likeness (QED) is 0.423. The lowest BCUT2D eigenvalue weighted by atomic mass is 10.9. The van der Waals surface area contributed by atoms with E-state index in [0.717, 1.165) is 6.92 Å². The van der Waals surface area contributed by atoms with Gasteiger partial charge in [-0.2, -0.15) is 0 Å². The summed E-state index contributed by atoms with van der Waals surface area (Å²) in [4.78, 5) is 9.00. The van der Waals surface area contributed by atoms with Gasteiger partial charge in [0.05, 0.1) is 0 Å². The summed E-state index contributed by atoms with van der Waals surface area (Å²) in [6, 6.07) is 0. The molecule has 0 fully saturated rings. The molecule has 0 aromatic carbocycles. The normalized spacial score (nSPS) is 5.38. The molecule has 48 valence electrons. The van der Waals surface area contributed by atoms with Crippen molar-refractivity contribution >= 4 is 29.0 Å². The number of aliphatic carboxylic acids is 1. The summed E-state index contributed by atoms with van der Waals surface area (Å²) in [5, 5.41) is 15.0. The van der Waals surface area contributed by atoms with Crippen LogP contribution in [0.15, 0.2) is 0 Å². The number of carboxylic acid groups (broad SMARTS) is 1. The first kappa shape index (κ1) is 15.7. The van der Waals surface area contributed by atoms with Crippen LogP contribution < -0.4 is 0 Å². The molecule has 0 atom stereocenters. The minimum absolute atomic E-state index is 0. The van der Waals surface area contributed by atoms with Crippen LogP contribution in [0.5, 0.6) is 0 Å². The van der Waals surface area contributed by atoms with Crippen LogP contribution in [0.3, 0.4) is 0 Å². The predicted octanol–water partition coefficient (Wildman–Crippen LogP) is -0.827. The maximum absolute atomic E-state index is 9.00. The Bertz CT molecular complexity index is 42.5. The van der Waals surface area contributed by atoms with Crippen molar-refractivity contribution in [2.75, 3.05) is 6.61 Å². The van der Waals surface area contributed by atoms with E-state index >= 15 is 0 Å². The smallest absolute Gasteiger partial charge is 0.316 e. The van der Waals surface area contributed by atoms with Crippen molar-refractivity contribution in [3.63, 3.8) is 0 Å². The lowest BCUT2D eigenvalue weighted by Crippen LogP contribution is -1.78. The van der Waals surface area contributed by atoms with Crippen LogP contribution in [0.1, 0.15) is 13.8 Å². The molecule has 0 aliphatic carbocycles. The average molecular weight is 132 g/mol. The minimum atomic E-state index is -0.833. The highest BCUT2D eigenvalue weighted by Gasteiger charge is 1.65. The number of aliphatic hydroxyl groups is 1. The molecule has 0 saturated heterocycles. The number of aliphatic hydroxyl groups excluding tert-OH is 1. The van der Waals surface area contributed by atoms with Gasteiger partial charge in [-0.15, -0.1) is 0 Å². The zero-order valence-electron chi connectivity index (χ0n) is 4.51. The molecule has 0 aliphatic rings. The summed E-state index contributed by atoms with van der Waals surface area (Å²) in [5.74, 6) is -0.833. The number of carboxylic acids is 1. The highest BCUT2D eigenvalue weighted by Crippen LogP contribution is 1.42. The van der Waals surface area contributed by atoms with Gasteiger partial charge in [0, 0.05) is 13.5 Å². The van der Waals surface area contributed by atoms with Gasteiger partial charge in [-0.05, 0) is 6.92 Å². The van der Waals surface area contributed by atoms with Gasteiger partial charge in [0.15, 0.2) is 0 Å². The third-order valence-electron chi connectivity index (χ3n) is 0. The van der Waals surface area contributed by atoms with Gasteiger partial charge in [-0.3, -0.25) is 4.79 Å². The van der Waals surface area contributed by atoms with Crippen molar-refractivity contribution in [2.24, 2.45) is 0 Å². The third kappa shape index (κ3) is 4340. The monoisotopic (exact) mass is 132 g/mol. The maximum Gasteiger partial charge on any atom is 0.316 e. The van der Waals surface area contributed by atoms with Crippen LogP contribution >= 0.6 is 0 Å². The molecular weight excluding hydrogens is 120 g/mol. The van der Waals surface area contributed by atoms with Crippen molar-refractivity contribution in [3.05, 3.63) is 0 Å². The van der Waals surface area contributed by atoms with E-state index in [2.05, 4.69) is 0 Å². The first-order chi connectivity index (χ1) is 3.15. The summed E-state index contributed by atoms with van der Waals surface area (Å²) in [6.45, 7) is 3.01. The van der Waals surface area contributed by atoms with Crippen LogP contribution in [0.2, 0.25) is 0 Å². The zero-order chi connectivity index (χ0) is 6.28. The highest BCUT2D eigenvalue weighted by molar-refractivity contribution is 5.75. The fourth-order valence-corrected chi connectivity index (χ4v) is 0. The van der Waals surface area contributed by atoms with E-state index < -0.39 is 5.97 Å². The molecule has 0 aromatic rings. The van der Waals surface area contributed by atoms with Gasteiger partial charge in [-0.1, -0.05) is 0 Å². The van der Waals surface area contributed by atoms with E-state index in [0.29, 0.717) is 0 Å². The predicted molar refractivity (Wildman–Crippen MR) is 34.6 cm³/mol. The van der Waals surface area contributed by atoms with Crippen LogP contribution in [-0.2, 0) is 4.79 Å². The molecule has 0 unspecified atom stereocenters. The van der Waals surface area contributed by atoms with Crippen LogP contribution in [-0.4, -0.2) is 45.8 Å². The second-order valence-electron chi connectivity index (χ2n) is 0.835. The molecule has 0 aliphatic heterocycles. The minimum Gasteiger partial charge on any atom is -0.481 e. The summed E-state index contributed by atoms with van der Waals surface area (Å²) in [7, 11) is 0. The molecule has 0 radical (unpaired) electrons. The molecule has 0 rings (SSSR count). The first-order valence-electron chi connectivity index (χ1n) is 1.95. The van der Waals surface area contributed by atoms with Gasteiger partial charge in [0.1, 0.15) is 0 Å². The van der Waals surface area contributed by atoms with E-state index in [1.54, 1.807) is 6.92 Å². The van der Waals surface area contributed by atoms with Gasteiger partial charge in [0.2, 0.25) is 0 Å².